The maximum absolute atomic E-state index is 12.5. The van der Waals surface area contributed by atoms with Crippen molar-refractivity contribution in [1.82, 2.24) is 14.3 Å². The number of carbonyl (C=O) groups is 1. The fourth-order valence-corrected chi connectivity index (χ4v) is 3.86. The van der Waals surface area contributed by atoms with E-state index in [1.165, 1.54) is 16.9 Å². The highest BCUT2D eigenvalue weighted by Gasteiger charge is 2.45. The lowest BCUT2D eigenvalue weighted by atomic mass is 9.88. The number of amides is 1. The van der Waals surface area contributed by atoms with Crippen LogP contribution in [-0.2, 0) is 14.8 Å². The molecule has 7 nitrogen and oxygen atoms in total. The molecule has 2 saturated heterocycles. The molecule has 0 spiro atoms. The third kappa shape index (κ3) is 2.29. The SMILES string of the molecule is CS(=O)(=O)N1C[C@@H]2CCN(c3cncnc3)C(=O)[C@H]2C1. The van der Waals surface area contributed by atoms with Gasteiger partial charge in [-0.05, 0) is 12.3 Å². The van der Waals surface area contributed by atoms with Crippen molar-refractivity contribution >= 4 is 21.6 Å². The van der Waals surface area contributed by atoms with Crippen molar-refractivity contribution < 1.29 is 13.2 Å². The van der Waals surface area contributed by atoms with Crippen LogP contribution < -0.4 is 4.90 Å². The Hall–Kier alpha value is -1.54. The molecule has 1 amide bonds. The molecule has 2 fully saturated rings. The van der Waals surface area contributed by atoms with Gasteiger partial charge in [0.1, 0.15) is 6.33 Å². The number of anilines is 1. The van der Waals surface area contributed by atoms with Crippen LogP contribution in [0, 0.1) is 11.8 Å². The predicted molar refractivity (Wildman–Crippen MR) is 72.4 cm³/mol. The van der Waals surface area contributed by atoms with E-state index in [0.29, 0.717) is 18.8 Å². The van der Waals surface area contributed by atoms with Gasteiger partial charge in [0, 0.05) is 19.6 Å². The van der Waals surface area contributed by atoms with E-state index in [1.54, 1.807) is 17.3 Å². The van der Waals surface area contributed by atoms with Crippen molar-refractivity contribution in [2.24, 2.45) is 11.8 Å². The molecule has 3 rings (SSSR count). The molecule has 108 valence electrons. The Kier molecular flexibility index (Phi) is 3.21. The summed E-state index contributed by atoms with van der Waals surface area (Å²) in [6.45, 7) is 1.33. The minimum absolute atomic E-state index is 0.0257. The topological polar surface area (TPSA) is 83.5 Å². The molecule has 0 saturated carbocycles. The average molecular weight is 296 g/mol. The predicted octanol–water partition coefficient (Wildman–Crippen LogP) is -0.279. The number of sulfonamides is 1. The minimum Gasteiger partial charge on any atom is -0.309 e. The molecule has 2 aliphatic heterocycles. The van der Waals surface area contributed by atoms with Gasteiger partial charge in [-0.15, -0.1) is 0 Å². The van der Waals surface area contributed by atoms with Crippen LogP contribution in [0.3, 0.4) is 0 Å². The van der Waals surface area contributed by atoms with Crippen LogP contribution in [0.2, 0.25) is 0 Å². The van der Waals surface area contributed by atoms with Crippen LogP contribution in [0.15, 0.2) is 18.7 Å². The van der Waals surface area contributed by atoms with Crippen molar-refractivity contribution in [2.45, 2.75) is 6.42 Å². The second-order valence-corrected chi connectivity index (χ2v) is 7.30. The van der Waals surface area contributed by atoms with E-state index < -0.39 is 10.0 Å². The quantitative estimate of drug-likeness (QED) is 0.749. The Morgan fingerprint density at radius 1 is 1.25 bits per heavy atom. The Morgan fingerprint density at radius 3 is 2.60 bits per heavy atom. The summed E-state index contributed by atoms with van der Waals surface area (Å²) < 4.78 is 24.6. The lowest BCUT2D eigenvalue weighted by molar-refractivity contribution is -0.124. The van der Waals surface area contributed by atoms with E-state index in [4.69, 9.17) is 0 Å². The van der Waals surface area contributed by atoms with Crippen LogP contribution in [-0.4, -0.2) is 54.5 Å². The Balaban J connectivity index is 1.82. The first-order valence-electron chi connectivity index (χ1n) is 6.48. The van der Waals surface area contributed by atoms with Gasteiger partial charge >= 0.3 is 0 Å². The highest BCUT2D eigenvalue weighted by atomic mass is 32.2. The second kappa shape index (κ2) is 4.78. The molecule has 1 aromatic heterocycles. The van der Waals surface area contributed by atoms with Crippen molar-refractivity contribution in [3.8, 4) is 0 Å². The molecule has 1 aromatic rings. The lowest BCUT2D eigenvalue weighted by Gasteiger charge is -2.33. The zero-order valence-corrected chi connectivity index (χ0v) is 12.0. The second-order valence-electron chi connectivity index (χ2n) is 5.32. The van der Waals surface area contributed by atoms with Crippen molar-refractivity contribution in [2.75, 3.05) is 30.8 Å². The Morgan fingerprint density at radius 2 is 1.95 bits per heavy atom. The van der Waals surface area contributed by atoms with Gasteiger partial charge in [0.2, 0.25) is 15.9 Å². The van der Waals surface area contributed by atoms with Crippen LogP contribution in [0.25, 0.3) is 0 Å². The first kappa shape index (κ1) is 13.4. The summed E-state index contributed by atoms with van der Waals surface area (Å²) in [5.41, 5.74) is 0.675. The fourth-order valence-electron chi connectivity index (χ4n) is 2.97. The lowest BCUT2D eigenvalue weighted by Crippen LogP contribution is -2.45. The summed E-state index contributed by atoms with van der Waals surface area (Å²) >= 11 is 0. The summed E-state index contributed by atoms with van der Waals surface area (Å²) in [6.07, 6.45) is 6.62. The molecule has 0 radical (unpaired) electrons. The highest BCUT2D eigenvalue weighted by Crippen LogP contribution is 2.34. The zero-order valence-electron chi connectivity index (χ0n) is 11.1. The number of rotatable bonds is 2. The van der Waals surface area contributed by atoms with Gasteiger partial charge in [0.05, 0.1) is 30.3 Å². The molecule has 0 bridgehead atoms. The van der Waals surface area contributed by atoms with E-state index in [0.717, 1.165) is 6.42 Å². The molecular formula is C12H16N4O3S. The largest absolute Gasteiger partial charge is 0.309 e. The number of aromatic nitrogens is 2. The summed E-state index contributed by atoms with van der Waals surface area (Å²) in [6, 6.07) is 0. The monoisotopic (exact) mass is 296 g/mol. The van der Waals surface area contributed by atoms with Crippen LogP contribution in [0.5, 0.6) is 0 Å². The van der Waals surface area contributed by atoms with Gasteiger partial charge in [-0.25, -0.2) is 22.7 Å². The first-order valence-corrected chi connectivity index (χ1v) is 8.33. The standard InChI is InChI=1S/C12H16N4O3S/c1-20(18,19)15-6-9-2-3-16(12(17)11(9)7-15)10-4-13-8-14-5-10/h4-5,8-9,11H,2-3,6-7H2,1H3/t9-,11-/m0/s1. The molecular weight excluding hydrogens is 280 g/mol. The molecule has 20 heavy (non-hydrogen) atoms. The van der Waals surface area contributed by atoms with E-state index >= 15 is 0 Å². The maximum atomic E-state index is 12.5. The van der Waals surface area contributed by atoms with Gasteiger partial charge < -0.3 is 4.90 Å². The maximum Gasteiger partial charge on any atom is 0.231 e. The number of fused-ring (bicyclic) bond motifs is 1. The minimum atomic E-state index is -3.23. The zero-order chi connectivity index (χ0) is 14.3. The molecule has 0 N–H and O–H groups in total. The molecule has 0 aliphatic carbocycles. The summed E-state index contributed by atoms with van der Waals surface area (Å²) in [7, 11) is -3.23. The molecule has 0 unspecified atom stereocenters. The molecule has 8 heteroatoms. The molecule has 0 aromatic carbocycles. The van der Waals surface area contributed by atoms with Gasteiger partial charge in [-0.3, -0.25) is 4.79 Å². The Labute approximate surface area is 117 Å². The van der Waals surface area contributed by atoms with E-state index in [1.807, 2.05) is 0 Å². The van der Waals surface area contributed by atoms with E-state index in [-0.39, 0.29) is 24.3 Å². The number of carbonyl (C=O) groups excluding carboxylic acids is 1. The number of hydrogen-bond donors (Lipinski definition) is 0. The van der Waals surface area contributed by atoms with Crippen molar-refractivity contribution in [3.05, 3.63) is 18.7 Å². The summed E-state index contributed by atoms with van der Waals surface area (Å²) in [5, 5.41) is 0. The van der Waals surface area contributed by atoms with Gasteiger partial charge in [0.25, 0.3) is 0 Å². The summed E-state index contributed by atoms with van der Waals surface area (Å²) in [4.78, 5) is 22.0. The third-order valence-electron chi connectivity index (χ3n) is 4.04. The van der Waals surface area contributed by atoms with Crippen molar-refractivity contribution in [1.29, 1.82) is 0 Å². The smallest absolute Gasteiger partial charge is 0.231 e. The average Bonchev–Trinajstić information content (AvgIpc) is 2.85. The molecule has 2 aliphatic rings. The fraction of sp³-hybridized carbons (Fsp3) is 0.583. The van der Waals surface area contributed by atoms with Gasteiger partial charge in [-0.2, -0.15) is 0 Å². The van der Waals surface area contributed by atoms with Crippen molar-refractivity contribution in [3.63, 3.8) is 0 Å². The van der Waals surface area contributed by atoms with Gasteiger partial charge in [0.15, 0.2) is 0 Å². The number of piperidine rings is 1. The van der Waals surface area contributed by atoms with E-state index in [2.05, 4.69) is 9.97 Å². The van der Waals surface area contributed by atoms with Crippen LogP contribution in [0.4, 0.5) is 5.69 Å². The number of nitrogens with zero attached hydrogens (tertiary/aromatic N) is 4. The van der Waals surface area contributed by atoms with Crippen LogP contribution >= 0.6 is 0 Å². The van der Waals surface area contributed by atoms with Crippen LogP contribution in [0.1, 0.15) is 6.42 Å². The normalized spacial score (nSPS) is 27.6. The highest BCUT2D eigenvalue weighted by molar-refractivity contribution is 7.88. The van der Waals surface area contributed by atoms with E-state index in [9.17, 15) is 13.2 Å². The first-order chi connectivity index (χ1) is 9.47. The molecule has 2 atom stereocenters. The third-order valence-corrected chi connectivity index (χ3v) is 5.28. The number of hydrogen-bond acceptors (Lipinski definition) is 5. The van der Waals surface area contributed by atoms with Gasteiger partial charge in [-0.1, -0.05) is 0 Å². The summed E-state index contributed by atoms with van der Waals surface area (Å²) in [5.74, 6) is -0.154. The molecule has 3 heterocycles. The Bertz CT molecular complexity index is 619.